The Morgan fingerprint density at radius 3 is 2.95 bits per heavy atom. The van der Waals surface area contributed by atoms with Gasteiger partial charge < -0.3 is 10.2 Å². The molecule has 0 aromatic rings. The van der Waals surface area contributed by atoms with Crippen LogP contribution in [-0.4, -0.2) is 47.2 Å². The fourth-order valence-corrected chi connectivity index (χ4v) is 3.99. The standard InChI is InChI=1S/C11H16N4S2.2ClH/c1-2-6-15-9(8-17-11(15)14-3-1)7-16-10-12-4-5-13-10;;/h8H,1-7H2,(H,12,13);2*1H. The van der Waals surface area contributed by atoms with Crippen LogP contribution in [0, 0.1) is 0 Å². The van der Waals surface area contributed by atoms with Crippen LogP contribution < -0.4 is 5.32 Å². The molecule has 1 N–H and O–H groups in total. The molecule has 3 aliphatic heterocycles. The lowest BCUT2D eigenvalue weighted by atomic mass is 10.3. The monoisotopic (exact) mass is 340 g/mol. The maximum Gasteiger partial charge on any atom is 0.167 e. The quantitative estimate of drug-likeness (QED) is 0.838. The van der Waals surface area contributed by atoms with Crippen LogP contribution in [-0.2, 0) is 0 Å². The molecule has 0 atom stereocenters. The molecule has 0 saturated carbocycles. The molecule has 0 radical (unpaired) electrons. The van der Waals surface area contributed by atoms with Gasteiger partial charge in [-0.2, -0.15) is 0 Å². The second kappa shape index (κ2) is 8.29. The van der Waals surface area contributed by atoms with E-state index >= 15 is 0 Å². The number of thioether (sulfide) groups is 2. The SMILES string of the molecule is C1=C(CSC2=NCCN2)N2CCCCN=C2S1.Cl.Cl. The molecular weight excluding hydrogens is 323 g/mol. The van der Waals surface area contributed by atoms with Crippen molar-refractivity contribution >= 4 is 58.7 Å². The van der Waals surface area contributed by atoms with E-state index in [0.717, 1.165) is 37.1 Å². The van der Waals surface area contributed by atoms with Gasteiger partial charge in [0.15, 0.2) is 10.3 Å². The molecule has 0 bridgehead atoms. The van der Waals surface area contributed by atoms with Gasteiger partial charge in [-0.05, 0) is 18.2 Å². The number of aliphatic imine (C=N–C) groups is 2. The smallest absolute Gasteiger partial charge is 0.167 e. The predicted octanol–water partition coefficient (Wildman–Crippen LogP) is 2.56. The van der Waals surface area contributed by atoms with Gasteiger partial charge in [-0.25, -0.2) is 0 Å². The maximum absolute atomic E-state index is 4.61. The molecule has 3 rings (SSSR count). The summed E-state index contributed by atoms with van der Waals surface area (Å²) in [5.41, 5.74) is 1.39. The summed E-state index contributed by atoms with van der Waals surface area (Å²) in [6.45, 7) is 4.03. The van der Waals surface area contributed by atoms with Crippen molar-refractivity contribution in [1.29, 1.82) is 0 Å². The molecular formula is C11H18Cl2N4S2. The lowest BCUT2D eigenvalue weighted by molar-refractivity contribution is 0.518. The van der Waals surface area contributed by atoms with Crippen LogP contribution in [0.25, 0.3) is 0 Å². The van der Waals surface area contributed by atoms with Gasteiger partial charge in [0.05, 0.1) is 6.54 Å². The van der Waals surface area contributed by atoms with E-state index < -0.39 is 0 Å². The van der Waals surface area contributed by atoms with Crippen LogP contribution in [0.3, 0.4) is 0 Å². The third-order valence-corrected chi connectivity index (χ3v) is 4.85. The minimum Gasteiger partial charge on any atom is -0.363 e. The summed E-state index contributed by atoms with van der Waals surface area (Å²) < 4.78 is 0. The third-order valence-electron chi connectivity index (χ3n) is 2.92. The fraction of sp³-hybridized carbons (Fsp3) is 0.636. The maximum atomic E-state index is 4.61. The zero-order valence-corrected chi connectivity index (χ0v) is 13.8. The van der Waals surface area contributed by atoms with E-state index in [4.69, 9.17) is 0 Å². The summed E-state index contributed by atoms with van der Waals surface area (Å²) >= 11 is 3.57. The molecule has 0 aromatic heterocycles. The number of amidine groups is 2. The Morgan fingerprint density at radius 2 is 2.16 bits per heavy atom. The van der Waals surface area contributed by atoms with Gasteiger partial charge >= 0.3 is 0 Å². The van der Waals surface area contributed by atoms with E-state index in [9.17, 15) is 0 Å². The Hall–Kier alpha value is -0.0400. The molecule has 0 aromatic carbocycles. The highest BCUT2D eigenvalue weighted by Crippen LogP contribution is 2.30. The van der Waals surface area contributed by atoms with Crippen molar-refractivity contribution in [3.8, 4) is 0 Å². The summed E-state index contributed by atoms with van der Waals surface area (Å²) in [6.07, 6.45) is 2.46. The van der Waals surface area contributed by atoms with E-state index in [2.05, 4.69) is 25.6 Å². The topological polar surface area (TPSA) is 40.0 Å². The lowest BCUT2D eigenvalue weighted by Crippen LogP contribution is -2.26. The average molecular weight is 341 g/mol. The van der Waals surface area contributed by atoms with E-state index in [1.807, 2.05) is 0 Å². The number of nitrogens with zero attached hydrogens (tertiary/aromatic N) is 3. The molecule has 4 nitrogen and oxygen atoms in total. The van der Waals surface area contributed by atoms with Crippen LogP contribution in [0.1, 0.15) is 12.8 Å². The van der Waals surface area contributed by atoms with Crippen LogP contribution >= 0.6 is 48.3 Å². The molecule has 0 fully saturated rings. The van der Waals surface area contributed by atoms with Crippen molar-refractivity contribution in [1.82, 2.24) is 10.2 Å². The van der Waals surface area contributed by atoms with Crippen LogP contribution in [0.4, 0.5) is 0 Å². The van der Waals surface area contributed by atoms with Gasteiger partial charge in [0.1, 0.15) is 0 Å². The average Bonchev–Trinajstić information content (AvgIpc) is 2.92. The highest BCUT2D eigenvalue weighted by Gasteiger charge is 2.24. The van der Waals surface area contributed by atoms with E-state index in [-0.39, 0.29) is 24.8 Å². The first-order valence-electron chi connectivity index (χ1n) is 6.02. The summed E-state index contributed by atoms with van der Waals surface area (Å²) in [5, 5.41) is 7.83. The highest BCUT2D eigenvalue weighted by molar-refractivity contribution is 8.17. The molecule has 0 amide bonds. The minimum absolute atomic E-state index is 0. The Morgan fingerprint density at radius 1 is 1.26 bits per heavy atom. The Kier molecular flexibility index (Phi) is 7.42. The first-order chi connectivity index (χ1) is 8.43. The van der Waals surface area contributed by atoms with Gasteiger partial charge in [-0.1, -0.05) is 23.5 Å². The van der Waals surface area contributed by atoms with Crippen LogP contribution in [0.5, 0.6) is 0 Å². The number of rotatable bonds is 2. The summed E-state index contributed by atoms with van der Waals surface area (Å²) in [6, 6.07) is 0. The first-order valence-corrected chi connectivity index (χ1v) is 7.89. The molecule has 3 aliphatic rings. The van der Waals surface area contributed by atoms with Gasteiger partial charge in [0.25, 0.3) is 0 Å². The number of halogens is 2. The molecule has 19 heavy (non-hydrogen) atoms. The lowest BCUT2D eigenvalue weighted by Gasteiger charge is -2.20. The summed E-state index contributed by atoms with van der Waals surface area (Å²) in [4.78, 5) is 11.4. The number of nitrogens with one attached hydrogen (secondary N) is 1. The Bertz CT molecular complexity index is 398. The normalized spacial score (nSPS) is 21.1. The molecule has 0 unspecified atom stereocenters. The fourth-order valence-electron chi connectivity index (χ4n) is 2.02. The van der Waals surface area contributed by atoms with Gasteiger partial charge in [-0.15, -0.1) is 24.8 Å². The Labute approximate surface area is 134 Å². The summed E-state index contributed by atoms with van der Waals surface area (Å²) in [7, 11) is 0. The largest absolute Gasteiger partial charge is 0.363 e. The predicted molar refractivity (Wildman–Crippen MR) is 91.2 cm³/mol. The number of hydrogen-bond acceptors (Lipinski definition) is 6. The zero-order chi connectivity index (χ0) is 11.5. The van der Waals surface area contributed by atoms with E-state index in [1.54, 1.807) is 23.5 Å². The molecule has 0 saturated heterocycles. The summed E-state index contributed by atoms with van der Waals surface area (Å²) in [5.74, 6) is 0.998. The molecule has 3 heterocycles. The molecule has 108 valence electrons. The van der Waals surface area contributed by atoms with Crippen molar-refractivity contribution in [2.45, 2.75) is 12.8 Å². The van der Waals surface area contributed by atoms with E-state index in [1.165, 1.54) is 23.7 Å². The molecule has 0 spiro atoms. The van der Waals surface area contributed by atoms with Crippen molar-refractivity contribution < 1.29 is 0 Å². The second-order valence-corrected chi connectivity index (χ2v) is 5.95. The van der Waals surface area contributed by atoms with Crippen molar-refractivity contribution in [2.24, 2.45) is 9.98 Å². The number of hydrogen-bond donors (Lipinski definition) is 1. The molecule has 0 aliphatic carbocycles. The second-order valence-electron chi connectivity index (χ2n) is 4.15. The number of fused-ring (bicyclic) bond motifs is 1. The van der Waals surface area contributed by atoms with Gasteiger partial charge in [0.2, 0.25) is 0 Å². The molecule has 8 heteroatoms. The van der Waals surface area contributed by atoms with Gasteiger partial charge in [-0.3, -0.25) is 9.98 Å². The minimum atomic E-state index is 0. The Balaban J connectivity index is 0.000000902. The highest BCUT2D eigenvalue weighted by atomic mass is 35.5. The van der Waals surface area contributed by atoms with Crippen LogP contribution in [0.2, 0.25) is 0 Å². The van der Waals surface area contributed by atoms with Crippen molar-refractivity contribution in [2.75, 3.05) is 31.9 Å². The zero-order valence-electron chi connectivity index (χ0n) is 10.5. The van der Waals surface area contributed by atoms with Gasteiger partial charge in [0, 0.05) is 31.1 Å². The van der Waals surface area contributed by atoms with E-state index in [0.29, 0.717) is 0 Å². The first kappa shape index (κ1) is 17.0. The third kappa shape index (κ3) is 4.21. The van der Waals surface area contributed by atoms with Crippen molar-refractivity contribution in [3.63, 3.8) is 0 Å². The van der Waals surface area contributed by atoms with Crippen LogP contribution in [0.15, 0.2) is 21.1 Å². The van der Waals surface area contributed by atoms with Crippen molar-refractivity contribution in [3.05, 3.63) is 11.1 Å².